The van der Waals surface area contributed by atoms with Crippen LogP contribution in [0.4, 0.5) is 0 Å². The summed E-state index contributed by atoms with van der Waals surface area (Å²) in [4.78, 5) is 14.1. The van der Waals surface area contributed by atoms with Gasteiger partial charge < -0.3 is 10.1 Å². The van der Waals surface area contributed by atoms with Crippen LogP contribution in [-0.2, 0) is 26.0 Å². The van der Waals surface area contributed by atoms with Crippen LogP contribution in [-0.4, -0.2) is 82.3 Å². The van der Waals surface area contributed by atoms with Gasteiger partial charge in [-0.2, -0.15) is 4.31 Å². The van der Waals surface area contributed by atoms with Crippen LogP contribution in [0.1, 0.15) is 5.56 Å². The summed E-state index contributed by atoms with van der Waals surface area (Å²) in [7, 11) is -3.30. The van der Waals surface area contributed by atoms with E-state index in [0.717, 1.165) is 18.7 Å². The number of hydrogen-bond donors (Lipinski definition) is 1. The summed E-state index contributed by atoms with van der Waals surface area (Å²) < 4.78 is 30.6. The standard InChI is InChI=1S/C17H27N3O4S/c1-25(22,23)20(10-9-19-11-13-24-14-12-19)8-7-18-17(21)15-16-5-3-2-4-6-16/h2-6H,7-15H2,1H3,(H,18,21). The second kappa shape index (κ2) is 9.86. The minimum atomic E-state index is -3.30. The summed E-state index contributed by atoms with van der Waals surface area (Å²) >= 11 is 0. The average molecular weight is 369 g/mol. The van der Waals surface area contributed by atoms with E-state index in [4.69, 9.17) is 4.74 Å². The first kappa shape index (κ1) is 19.8. The molecule has 1 aromatic rings. The van der Waals surface area contributed by atoms with E-state index in [1.807, 2.05) is 30.3 Å². The van der Waals surface area contributed by atoms with E-state index in [1.165, 1.54) is 10.6 Å². The Bertz CT molecular complexity index is 631. The molecule has 0 saturated carbocycles. The van der Waals surface area contributed by atoms with E-state index in [2.05, 4.69) is 10.2 Å². The lowest BCUT2D eigenvalue weighted by atomic mass is 10.1. The normalized spacial score (nSPS) is 16.1. The van der Waals surface area contributed by atoms with Crippen LogP contribution in [0.2, 0.25) is 0 Å². The van der Waals surface area contributed by atoms with Gasteiger partial charge in [0.2, 0.25) is 15.9 Å². The molecule has 0 aliphatic carbocycles. The topological polar surface area (TPSA) is 79.0 Å². The Morgan fingerprint density at radius 3 is 2.52 bits per heavy atom. The molecule has 7 nitrogen and oxygen atoms in total. The van der Waals surface area contributed by atoms with E-state index >= 15 is 0 Å². The molecule has 8 heteroatoms. The predicted molar refractivity (Wildman–Crippen MR) is 96.8 cm³/mol. The molecule has 1 aromatic carbocycles. The molecule has 0 radical (unpaired) electrons. The van der Waals surface area contributed by atoms with Crippen molar-refractivity contribution in [3.05, 3.63) is 35.9 Å². The molecule has 0 atom stereocenters. The lowest BCUT2D eigenvalue weighted by Crippen LogP contribution is -2.45. The second-order valence-corrected chi connectivity index (χ2v) is 8.11. The van der Waals surface area contributed by atoms with Gasteiger partial charge in [-0.3, -0.25) is 9.69 Å². The van der Waals surface area contributed by atoms with Crippen LogP contribution >= 0.6 is 0 Å². The van der Waals surface area contributed by atoms with Crippen molar-refractivity contribution >= 4 is 15.9 Å². The first-order chi connectivity index (χ1) is 11.9. The fraction of sp³-hybridized carbons (Fsp3) is 0.588. The Hall–Kier alpha value is -1.48. The van der Waals surface area contributed by atoms with Crippen molar-refractivity contribution in [2.24, 2.45) is 0 Å². The summed E-state index contributed by atoms with van der Waals surface area (Å²) in [5, 5.41) is 2.79. The molecule has 1 heterocycles. The highest BCUT2D eigenvalue weighted by atomic mass is 32.2. The molecular formula is C17H27N3O4S. The molecule has 140 valence electrons. The summed E-state index contributed by atoms with van der Waals surface area (Å²) in [5.74, 6) is -0.104. The van der Waals surface area contributed by atoms with Gasteiger partial charge in [-0.15, -0.1) is 0 Å². The number of hydrogen-bond acceptors (Lipinski definition) is 5. The number of benzene rings is 1. The van der Waals surface area contributed by atoms with E-state index in [9.17, 15) is 13.2 Å². The summed E-state index contributed by atoms with van der Waals surface area (Å²) in [6, 6.07) is 9.47. The number of nitrogens with zero attached hydrogens (tertiary/aromatic N) is 2. The number of ether oxygens (including phenoxy) is 1. The number of sulfonamides is 1. The first-order valence-corrected chi connectivity index (χ1v) is 10.4. The Labute approximate surface area is 150 Å². The average Bonchev–Trinajstić information content (AvgIpc) is 2.58. The lowest BCUT2D eigenvalue weighted by Gasteiger charge is -2.29. The van der Waals surface area contributed by atoms with Crippen LogP contribution < -0.4 is 5.32 Å². The first-order valence-electron chi connectivity index (χ1n) is 8.51. The summed E-state index contributed by atoms with van der Waals surface area (Å²) in [6.07, 6.45) is 1.51. The van der Waals surface area contributed by atoms with Gasteiger partial charge >= 0.3 is 0 Å². The van der Waals surface area contributed by atoms with Crippen LogP contribution in [0.3, 0.4) is 0 Å². The Balaban J connectivity index is 1.74. The molecule has 1 aliphatic heterocycles. The number of carbonyl (C=O) groups excluding carboxylic acids is 1. The third-order valence-electron chi connectivity index (χ3n) is 4.13. The summed E-state index contributed by atoms with van der Waals surface area (Å²) in [5.41, 5.74) is 0.937. The van der Waals surface area contributed by atoms with Gasteiger partial charge in [-0.05, 0) is 5.56 Å². The van der Waals surface area contributed by atoms with Gasteiger partial charge in [0, 0.05) is 39.3 Å². The van der Waals surface area contributed by atoms with Gasteiger partial charge in [0.1, 0.15) is 0 Å². The van der Waals surface area contributed by atoms with Crippen molar-refractivity contribution in [2.75, 3.05) is 58.7 Å². The number of amides is 1. The fourth-order valence-electron chi connectivity index (χ4n) is 2.68. The van der Waals surface area contributed by atoms with Crippen LogP contribution in [0.25, 0.3) is 0 Å². The largest absolute Gasteiger partial charge is 0.379 e. The third kappa shape index (κ3) is 7.52. The van der Waals surface area contributed by atoms with Gasteiger partial charge in [0.15, 0.2) is 0 Å². The molecule has 1 saturated heterocycles. The molecule has 0 unspecified atom stereocenters. The zero-order valence-corrected chi connectivity index (χ0v) is 15.5. The zero-order chi connectivity index (χ0) is 18.1. The van der Waals surface area contributed by atoms with Crippen molar-refractivity contribution < 1.29 is 17.9 Å². The predicted octanol–water partition coefficient (Wildman–Crippen LogP) is -0.0609. The number of carbonyl (C=O) groups is 1. The fourth-order valence-corrected chi connectivity index (χ4v) is 3.52. The second-order valence-electron chi connectivity index (χ2n) is 6.13. The highest BCUT2D eigenvalue weighted by molar-refractivity contribution is 7.88. The van der Waals surface area contributed by atoms with Crippen LogP contribution in [0.15, 0.2) is 30.3 Å². The molecule has 0 bridgehead atoms. The van der Waals surface area contributed by atoms with E-state index in [0.29, 0.717) is 39.3 Å². The zero-order valence-electron chi connectivity index (χ0n) is 14.7. The van der Waals surface area contributed by atoms with Gasteiger partial charge in [0.25, 0.3) is 0 Å². The summed E-state index contributed by atoms with van der Waals surface area (Å²) in [6.45, 7) is 4.72. The Morgan fingerprint density at radius 1 is 1.20 bits per heavy atom. The SMILES string of the molecule is CS(=O)(=O)N(CCNC(=O)Cc1ccccc1)CCN1CCOCC1. The smallest absolute Gasteiger partial charge is 0.224 e. The van der Waals surface area contributed by atoms with Crippen molar-refractivity contribution in [1.29, 1.82) is 0 Å². The van der Waals surface area contributed by atoms with E-state index < -0.39 is 10.0 Å². The Kier molecular flexibility index (Phi) is 7.83. The van der Waals surface area contributed by atoms with Gasteiger partial charge in [-0.1, -0.05) is 30.3 Å². The molecule has 2 rings (SSSR count). The molecule has 25 heavy (non-hydrogen) atoms. The maximum Gasteiger partial charge on any atom is 0.224 e. The quantitative estimate of drug-likeness (QED) is 0.660. The van der Waals surface area contributed by atoms with Crippen molar-refractivity contribution in [2.45, 2.75) is 6.42 Å². The van der Waals surface area contributed by atoms with Gasteiger partial charge in [0.05, 0.1) is 25.9 Å². The van der Waals surface area contributed by atoms with Crippen LogP contribution in [0, 0.1) is 0 Å². The molecule has 0 spiro atoms. The molecule has 1 fully saturated rings. The third-order valence-corrected chi connectivity index (χ3v) is 5.43. The molecular weight excluding hydrogens is 342 g/mol. The number of nitrogens with one attached hydrogen (secondary N) is 1. The molecule has 0 aromatic heterocycles. The van der Waals surface area contributed by atoms with Gasteiger partial charge in [-0.25, -0.2) is 8.42 Å². The van der Waals surface area contributed by atoms with Crippen molar-refractivity contribution in [1.82, 2.24) is 14.5 Å². The highest BCUT2D eigenvalue weighted by Crippen LogP contribution is 2.02. The maximum atomic E-state index is 11.9. The maximum absolute atomic E-state index is 11.9. The molecule has 1 amide bonds. The van der Waals surface area contributed by atoms with Crippen LogP contribution in [0.5, 0.6) is 0 Å². The highest BCUT2D eigenvalue weighted by Gasteiger charge is 2.19. The Morgan fingerprint density at radius 2 is 1.88 bits per heavy atom. The lowest BCUT2D eigenvalue weighted by molar-refractivity contribution is -0.120. The number of morpholine rings is 1. The minimum absolute atomic E-state index is 0.104. The van der Waals surface area contributed by atoms with Crippen molar-refractivity contribution in [3.8, 4) is 0 Å². The minimum Gasteiger partial charge on any atom is -0.379 e. The van der Waals surface area contributed by atoms with Crippen molar-refractivity contribution in [3.63, 3.8) is 0 Å². The molecule has 1 aliphatic rings. The number of rotatable bonds is 9. The molecule has 1 N–H and O–H groups in total. The monoisotopic (exact) mass is 369 g/mol. The van der Waals surface area contributed by atoms with E-state index in [-0.39, 0.29) is 12.5 Å². The van der Waals surface area contributed by atoms with E-state index in [1.54, 1.807) is 0 Å².